The second-order valence-corrected chi connectivity index (χ2v) is 10.1. The van der Waals surface area contributed by atoms with Gasteiger partial charge in [0.1, 0.15) is 5.69 Å². The molecule has 31 heavy (non-hydrogen) atoms. The van der Waals surface area contributed by atoms with Crippen LogP contribution in [0.1, 0.15) is 19.4 Å². The van der Waals surface area contributed by atoms with Gasteiger partial charge < -0.3 is 4.90 Å². The zero-order chi connectivity index (χ0) is 22.2. The van der Waals surface area contributed by atoms with E-state index in [4.69, 9.17) is 0 Å². The molecule has 10 heteroatoms. The van der Waals surface area contributed by atoms with E-state index in [1.165, 1.54) is 35.1 Å². The SMILES string of the molecule is CC(=O)N1c2ccc(S(=O)(=O)NCCn3nc(-c4cccs4)ccc3=O)cc2CC1C. The van der Waals surface area contributed by atoms with Gasteiger partial charge in [-0.2, -0.15) is 5.10 Å². The standard InChI is InChI=1S/C21H22N4O4S2/c1-14-12-16-13-17(5-7-19(16)25(14)15(2)26)31(28,29)22-9-10-24-21(27)8-6-18(23-24)20-4-3-11-30-20/h3-8,11,13-14,22H,9-10,12H2,1-2H3. The minimum Gasteiger partial charge on any atom is -0.309 e. The van der Waals surface area contributed by atoms with Gasteiger partial charge in [-0.15, -0.1) is 11.3 Å². The maximum Gasteiger partial charge on any atom is 0.266 e. The van der Waals surface area contributed by atoms with Crippen LogP contribution in [0.4, 0.5) is 5.69 Å². The van der Waals surface area contributed by atoms with Crippen molar-refractivity contribution in [3.8, 4) is 10.6 Å². The molecular weight excluding hydrogens is 436 g/mol. The molecule has 0 fully saturated rings. The number of amides is 1. The van der Waals surface area contributed by atoms with E-state index in [0.29, 0.717) is 12.1 Å². The number of benzene rings is 1. The summed E-state index contributed by atoms with van der Waals surface area (Å²) in [7, 11) is -3.77. The Morgan fingerprint density at radius 2 is 2.06 bits per heavy atom. The van der Waals surface area contributed by atoms with Gasteiger partial charge in [0, 0.05) is 31.3 Å². The summed E-state index contributed by atoms with van der Waals surface area (Å²) >= 11 is 1.51. The molecule has 1 aromatic carbocycles. The molecule has 1 aliphatic heterocycles. The van der Waals surface area contributed by atoms with Gasteiger partial charge in [0.05, 0.1) is 16.3 Å². The van der Waals surface area contributed by atoms with Crippen molar-refractivity contribution in [2.75, 3.05) is 11.4 Å². The minimum atomic E-state index is -3.77. The Morgan fingerprint density at radius 3 is 2.77 bits per heavy atom. The molecular formula is C21H22N4O4S2. The van der Waals surface area contributed by atoms with Crippen LogP contribution in [-0.4, -0.2) is 36.7 Å². The molecule has 3 heterocycles. The monoisotopic (exact) mass is 458 g/mol. The third-order valence-electron chi connectivity index (χ3n) is 5.17. The van der Waals surface area contributed by atoms with Gasteiger partial charge in [0.15, 0.2) is 0 Å². The van der Waals surface area contributed by atoms with Crippen molar-refractivity contribution >= 4 is 33.0 Å². The highest BCUT2D eigenvalue weighted by atomic mass is 32.2. The Labute approximate surface area is 184 Å². The zero-order valence-corrected chi connectivity index (χ0v) is 18.7. The molecule has 0 spiro atoms. The number of nitrogens with one attached hydrogen (secondary N) is 1. The molecule has 0 radical (unpaired) electrons. The molecule has 1 unspecified atom stereocenters. The normalized spacial score (nSPS) is 15.8. The van der Waals surface area contributed by atoms with Crippen molar-refractivity contribution in [2.45, 2.75) is 37.8 Å². The lowest BCUT2D eigenvalue weighted by atomic mass is 10.1. The number of carbonyl (C=O) groups excluding carboxylic acids is 1. The number of nitrogens with zero attached hydrogens (tertiary/aromatic N) is 3. The Hall–Kier alpha value is -2.82. The summed E-state index contributed by atoms with van der Waals surface area (Å²) in [5, 5.41) is 6.25. The summed E-state index contributed by atoms with van der Waals surface area (Å²) in [6.45, 7) is 3.57. The second-order valence-electron chi connectivity index (χ2n) is 7.39. The van der Waals surface area contributed by atoms with Crippen molar-refractivity contribution in [1.29, 1.82) is 0 Å². The van der Waals surface area contributed by atoms with E-state index in [0.717, 1.165) is 16.1 Å². The molecule has 2 aromatic heterocycles. The first-order chi connectivity index (χ1) is 14.8. The zero-order valence-electron chi connectivity index (χ0n) is 17.1. The topological polar surface area (TPSA) is 101 Å². The molecule has 1 atom stereocenters. The number of rotatable bonds is 6. The largest absolute Gasteiger partial charge is 0.309 e. The number of thiophene rings is 1. The number of anilines is 1. The maximum absolute atomic E-state index is 12.8. The lowest BCUT2D eigenvalue weighted by molar-refractivity contribution is -0.116. The van der Waals surface area contributed by atoms with Crippen LogP contribution in [0.15, 0.2) is 57.5 Å². The van der Waals surface area contributed by atoms with E-state index in [1.54, 1.807) is 23.1 Å². The van der Waals surface area contributed by atoms with Crippen molar-refractivity contribution in [3.05, 3.63) is 63.8 Å². The predicted molar refractivity (Wildman–Crippen MR) is 120 cm³/mol. The first-order valence-electron chi connectivity index (χ1n) is 9.81. The van der Waals surface area contributed by atoms with E-state index in [-0.39, 0.29) is 35.5 Å². The van der Waals surface area contributed by atoms with Crippen LogP contribution in [0.25, 0.3) is 10.6 Å². The summed E-state index contributed by atoms with van der Waals surface area (Å²) < 4.78 is 29.3. The van der Waals surface area contributed by atoms with Gasteiger partial charge in [-0.25, -0.2) is 17.8 Å². The van der Waals surface area contributed by atoms with Crippen molar-refractivity contribution in [1.82, 2.24) is 14.5 Å². The molecule has 3 aromatic rings. The first-order valence-corrected chi connectivity index (χ1v) is 12.2. The summed E-state index contributed by atoms with van der Waals surface area (Å²) in [4.78, 5) is 26.7. The van der Waals surface area contributed by atoms with Crippen molar-refractivity contribution in [3.63, 3.8) is 0 Å². The maximum atomic E-state index is 12.8. The molecule has 0 saturated carbocycles. The Bertz CT molecular complexity index is 1280. The van der Waals surface area contributed by atoms with Gasteiger partial charge >= 0.3 is 0 Å². The smallest absolute Gasteiger partial charge is 0.266 e. The summed E-state index contributed by atoms with van der Waals surface area (Å²) in [6.07, 6.45) is 0.604. The van der Waals surface area contributed by atoms with Crippen LogP contribution in [0.5, 0.6) is 0 Å². The summed E-state index contributed by atoms with van der Waals surface area (Å²) in [6, 6.07) is 11.7. The second kappa shape index (κ2) is 8.37. The Morgan fingerprint density at radius 1 is 1.26 bits per heavy atom. The number of hydrogen-bond acceptors (Lipinski definition) is 6. The van der Waals surface area contributed by atoms with Crippen LogP contribution in [0, 0.1) is 0 Å². The van der Waals surface area contributed by atoms with E-state index >= 15 is 0 Å². The molecule has 0 bridgehead atoms. The third kappa shape index (κ3) is 4.32. The van der Waals surface area contributed by atoms with Crippen LogP contribution in [0.2, 0.25) is 0 Å². The molecule has 162 valence electrons. The Balaban J connectivity index is 1.47. The number of carbonyl (C=O) groups is 1. The third-order valence-corrected chi connectivity index (χ3v) is 7.52. The number of hydrogen-bond donors (Lipinski definition) is 1. The minimum absolute atomic E-state index is 0.00742. The van der Waals surface area contributed by atoms with Crippen LogP contribution in [0.3, 0.4) is 0 Å². The van der Waals surface area contributed by atoms with Crippen LogP contribution >= 0.6 is 11.3 Å². The molecule has 0 aliphatic carbocycles. The fourth-order valence-electron chi connectivity index (χ4n) is 3.79. The molecule has 1 aliphatic rings. The van der Waals surface area contributed by atoms with E-state index in [1.807, 2.05) is 24.4 Å². The predicted octanol–water partition coefficient (Wildman–Crippen LogP) is 2.25. The number of sulfonamides is 1. The van der Waals surface area contributed by atoms with Crippen LogP contribution in [-0.2, 0) is 27.8 Å². The van der Waals surface area contributed by atoms with Gasteiger partial charge in [-0.05, 0) is 54.6 Å². The number of aromatic nitrogens is 2. The summed E-state index contributed by atoms with van der Waals surface area (Å²) in [5.74, 6) is -0.0669. The quantitative estimate of drug-likeness (QED) is 0.611. The van der Waals surface area contributed by atoms with Crippen LogP contribution < -0.4 is 15.2 Å². The van der Waals surface area contributed by atoms with Crippen molar-refractivity contribution in [2.24, 2.45) is 0 Å². The van der Waals surface area contributed by atoms with Gasteiger partial charge in [0.25, 0.3) is 5.56 Å². The van der Waals surface area contributed by atoms with E-state index in [2.05, 4.69) is 9.82 Å². The fraction of sp³-hybridized carbons (Fsp3) is 0.286. The van der Waals surface area contributed by atoms with E-state index in [9.17, 15) is 18.0 Å². The molecule has 0 saturated heterocycles. The average Bonchev–Trinajstić information content (AvgIpc) is 3.35. The van der Waals surface area contributed by atoms with Gasteiger partial charge in [-0.1, -0.05) is 6.07 Å². The highest BCUT2D eigenvalue weighted by molar-refractivity contribution is 7.89. The van der Waals surface area contributed by atoms with Crippen molar-refractivity contribution < 1.29 is 13.2 Å². The first kappa shape index (κ1) is 21.4. The fourth-order valence-corrected chi connectivity index (χ4v) is 5.55. The lowest BCUT2D eigenvalue weighted by Crippen LogP contribution is -2.33. The molecule has 8 nitrogen and oxygen atoms in total. The highest BCUT2D eigenvalue weighted by Crippen LogP contribution is 2.33. The summed E-state index contributed by atoms with van der Waals surface area (Å²) in [5.41, 5.74) is 1.95. The molecule has 1 amide bonds. The molecule has 4 rings (SSSR count). The van der Waals surface area contributed by atoms with Gasteiger partial charge in [0.2, 0.25) is 15.9 Å². The molecule has 1 N–H and O–H groups in total. The Kier molecular flexibility index (Phi) is 5.78. The van der Waals surface area contributed by atoms with Gasteiger partial charge in [-0.3, -0.25) is 9.59 Å². The van der Waals surface area contributed by atoms with E-state index < -0.39 is 10.0 Å². The highest BCUT2D eigenvalue weighted by Gasteiger charge is 2.30. The number of fused-ring (bicyclic) bond motifs is 1. The lowest BCUT2D eigenvalue weighted by Gasteiger charge is -2.20. The average molecular weight is 459 g/mol.